The van der Waals surface area contributed by atoms with Gasteiger partial charge < -0.3 is 9.73 Å². The Kier molecular flexibility index (Phi) is 4.94. The zero-order valence-corrected chi connectivity index (χ0v) is 18.0. The molecule has 0 fully saturated rings. The largest absolute Gasteiger partial charge is 0.433 e. The molecule has 1 aromatic carbocycles. The van der Waals surface area contributed by atoms with Crippen LogP contribution in [0.25, 0.3) is 22.7 Å². The number of halogens is 1. The van der Waals surface area contributed by atoms with E-state index in [0.717, 1.165) is 6.07 Å². The number of aryl methyl sites for hydroxylation is 1. The summed E-state index contributed by atoms with van der Waals surface area (Å²) in [5, 5.41) is 22.7. The first-order chi connectivity index (χ1) is 16.3. The monoisotopic (exact) mass is 480 g/mol. The standard InChI is InChI=1S/C20H13ClN8O5/c1-10-8-15(23-19(31)14-6-7-16(34-14)29(32)33)28(26-10)20-24-17-13(18(30)25-20)9-22-27(17)12-4-2-11(21)3-5-12/h2-9H,1H3,(H,23,31)(H,24,25,30). The van der Waals surface area contributed by atoms with E-state index in [-0.39, 0.29) is 28.6 Å². The number of nitrogens with zero attached hydrogens (tertiary/aromatic N) is 6. The molecule has 0 spiro atoms. The van der Waals surface area contributed by atoms with Crippen molar-refractivity contribution in [2.24, 2.45) is 0 Å². The van der Waals surface area contributed by atoms with Crippen molar-refractivity contribution >= 4 is 40.2 Å². The third kappa shape index (κ3) is 3.69. The van der Waals surface area contributed by atoms with Gasteiger partial charge in [0, 0.05) is 11.1 Å². The highest BCUT2D eigenvalue weighted by Crippen LogP contribution is 2.21. The topological polar surface area (TPSA) is 167 Å². The number of H-pyrrole nitrogens is 1. The van der Waals surface area contributed by atoms with Crippen LogP contribution in [0, 0.1) is 17.0 Å². The van der Waals surface area contributed by atoms with Crippen molar-refractivity contribution in [3.05, 3.63) is 85.6 Å². The highest BCUT2D eigenvalue weighted by atomic mass is 35.5. The lowest BCUT2D eigenvalue weighted by atomic mass is 10.3. The van der Waals surface area contributed by atoms with Crippen molar-refractivity contribution in [1.82, 2.24) is 29.5 Å². The summed E-state index contributed by atoms with van der Waals surface area (Å²) in [5.74, 6) is -1.41. The zero-order chi connectivity index (χ0) is 24.0. The Morgan fingerprint density at radius 1 is 1.21 bits per heavy atom. The van der Waals surface area contributed by atoms with Crippen LogP contribution in [0.3, 0.4) is 0 Å². The van der Waals surface area contributed by atoms with Gasteiger partial charge in [0.2, 0.25) is 5.95 Å². The van der Waals surface area contributed by atoms with Crippen LogP contribution >= 0.6 is 11.6 Å². The molecule has 5 rings (SSSR count). The molecule has 1 amide bonds. The van der Waals surface area contributed by atoms with E-state index in [1.54, 1.807) is 31.2 Å². The van der Waals surface area contributed by atoms with Crippen LogP contribution in [0.15, 0.2) is 57.9 Å². The first-order valence-corrected chi connectivity index (χ1v) is 10.0. The molecule has 4 aromatic heterocycles. The highest BCUT2D eigenvalue weighted by molar-refractivity contribution is 6.30. The number of nitro groups is 1. The number of carbonyl (C=O) groups excluding carboxylic acids is 1. The number of aromatic nitrogens is 6. The van der Waals surface area contributed by atoms with Crippen LogP contribution in [0.4, 0.5) is 11.7 Å². The molecule has 0 aliphatic heterocycles. The molecule has 0 radical (unpaired) electrons. The van der Waals surface area contributed by atoms with Gasteiger partial charge in [-0.05, 0) is 37.3 Å². The number of rotatable bonds is 5. The van der Waals surface area contributed by atoms with Gasteiger partial charge in [-0.15, -0.1) is 0 Å². The number of benzene rings is 1. The minimum absolute atomic E-state index is 0.0158. The van der Waals surface area contributed by atoms with Gasteiger partial charge in [0.1, 0.15) is 16.1 Å². The number of anilines is 1. The molecular weight excluding hydrogens is 468 g/mol. The molecule has 14 heteroatoms. The van der Waals surface area contributed by atoms with Gasteiger partial charge in [-0.2, -0.15) is 19.9 Å². The molecule has 0 bridgehead atoms. The number of hydrogen-bond donors (Lipinski definition) is 2. The van der Waals surface area contributed by atoms with Gasteiger partial charge in [0.15, 0.2) is 11.4 Å². The van der Waals surface area contributed by atoms with E-state index in [0.29, 0.717) is 16.4 Å². The summed E-state index contributed by atoms with van der Waals surface area (Å²) in [5.41, 5.74) is 0.933. The highest BCUT2D eigenvalue weighted by Gasteiger charge is 2.21. The Morgan fingerprint density at radius 3 is 2.68 bits per heavy atom. The average molecular weight is 481 g/mol. The predicted molar refractivity (Wildman–Crippen MR) is 120 cm³/mol. The summed E-state index contributed by atoms with van der Waals surface area (Å²) in [4.78, 5) is 42.5. The number of hydrogen-bond acceptors (Lipinski definition) is 8. The normalized spacial score (nSPS) is 11.1. The van der Waals surface area contributed by atoms with Crippen molar-refractivity contribution in [3.8, 4) is 11.6 Å². The maximum absolute atomic E-state index is 12.7. The molecule has 34 heavy (non-hydrogen) atoms. The lowest BCUT2D eigenvalue weighted by molar-refractivity contribution is -0.402. The second-order valence-electron chi connectivity index (χ2n) is 7.09. The fraction of sp³-hybridized carbons (Fsp3) is 0.0500. The average Bonchev–Trinajstić information content (AvgIpc) is 3.53. The maximum Gasteiger partial charge on any atom is 0.433 e. The van der Waals surface area contributed by atoms with Gasteiger partial charge in [-0.3, -0.25) is 24.7 Å². The first-order valence-electron chi connectivity index (χ1n) is 9.67. The minimum atomic E-state index is -0.751. The third-order valence-corrected chi connectivity index (χ3v) is 5.02. The number of carbonyl (C=O) groups is 1. The fourth-order valence-electron chi connectivity index (χ4n) is 3.25. The molecule has 170 valence electrons. The second kappa shape index (κ2) is 7.97. The zero-order valence-electron chi connectivity index (χ0n) is 17.2. The molecule has 0 aliphatic rings. The van der Waals surface area contributed by atoms with Crippen molar-refractivity contribution in [3.63, 3.8) is 0 Å². The number of amides is 1. The molecule has 0 atom stereocenters. The molecule has 5 aromatic rings. The van der Waals surface area contributed by atoms with E-state index in [9.17, 15) is 19.7 Å². The van der Waals surface area contributed by atoms with E-state index in [4.69, 9.17) is 16.0 Å². The summed E-state index contributed by atoms with van der Waals surface area (Å²) < 4.78 is 7.64. The second-order valence-corrected chi connectivity index (χ2v) is 7.53. The molecule has 4 heterocycles. The summed E-state index contributed by atoms with van der Waals surface area (Å²) in [7, 11) is 0. The Morgan fingerprint density at radius 2 is 1.97 bits per heavy atom. The lowest BCUT2D eigenvalue weighted by Gasteiger charge is -2.08. The smallest absolute Gasteiger partial charge is 0.395 e. The van der Waals surface area contributed by atoms with Crippen LogP contribution in [0.2, 0.25) is 5.02 Å². The van der Waals surface area contributed by atoms with E-state index in [1.807, 2.05) is 0 Å². The summed E-state index contributed by atoms with van der Waals surface area (Å²) in [6.07, 6.45) is 1.39. The summed E-state index contributed by atoms with van der Waals surface area (Å²) in [6, 6.07) is 10.6. The molecule has 0 aliphatic carbocycles. The van der Waals surface area contributed by atoms with Crippen LogP contribution in [-0.4, -0.2) is 40.4 Å². The quantitative estimate of drug-likeness (QED) is 0.286. The minimum Gasteiger partial charge on any atom is -0.395 e. The van der Waals surface area contributed by atoms with Crippen molar-refractivity contribution in [1.29, 1.82) is 0 Å². The number of furan rings is 1. The van der Waals surface area contributed by atoms with Crippen LogP contribution in [0.1, 0.15) is 16.2 Å². The van der Waals surface area contributed by atoms with Gasteiger partial charge in [0.05, 0.1) is 23.6 Å². The van der Waals surface area contributed by atoms with Gasteiger partial charge >= 0.3 is 5.88 Å². The molecular formula is C20H13ClN8O5. The van der Waals surface area contributed by atoms with E-state index in [1.165, 1.54) is 27.7 Å². The Hall–Kier alpha value is -4.78. The predicted octanol–water partition coefficient (Wildman–Crippen LogP) is 3.01. The molecule has 2 N–H and O–H groups in total. The van der Waals surface area contributed by atoms with E-state index in [2.05, 4.69) is 25.5 Å². The van der Waals surface area contributed by atoms with Crippen molar-refractivity contribution in [2.75, 3.05) is 5.32 Å². The van der Waals surface area contributed by atoms with Crippen LogP contribution < -0.4 is 10.9 Å². The van der Waals surface area contributed by atoms with E-state index < -0.39 is 22.3 Å². The molecule has 0 saturated heterocycles. The fourth-order valence-corrected chi connectivity index (χ4v) is 3.38. The number of nitrogens with one attached hydrogen (secondary N) is 2. The Bertz CT molecular complexity index is 1630. The molecule has 0 unspecified atom stereocenters. The Labute approximate surface area is 193 Å². The van der Waals surface area contributed by atoms with Gasteiger partial charge in [0.25, 0.3) is 11.5 Å². The lowest BCUT2D eigenvalue weighted by Crippen LogP contribution is -2.19. The van der Waals surface area contributed by atoms with Crippen molar-refractivity contribution in [2.45, 2.75) is 6.92 Å². The van der Waals surface area contributed by atoms with E-state index >= 15 is 0 Å². The first kappa shape index (κ1) is 21.1. The van der Waals surface area contributed by atoms with Gasteiger partial charge in [-0.1, -0.05) is 11.6 Å². The summed E-state index contributed by atoms with van der Waals surface area (Å²) in [6.45, 7) is 1.68. The SMILES string of the molecule is Cc1cc(NC(=O)c2ccc([N+](=O)[O-])o2)n(-c2nc3c(cnn3-c3ccc(Cl)cc3)c(=O)[nH]2)n1. The molecule has 13 nitrogen and oxygen atoms in total. The van der Waals surface area contributed by atoms with Crippen LogP contribution in [0.5, 0.6) is 0 Å². The molecule has 0 saturated carbocycles. The van der Waals surface area contributed by atoms with Crippen LogP contribution in [-0.2, 0) is 0 Å². The summed E-state index contributed by atoms with van der Waals surface area (Å²) >= 11 is 5.96. The van der Waals surface area contributed by atoms with Crippen molar-refractivity contribution < 1.29 is 14.1 Å². The third-order valence-electron chi connectivity index (χ3n) is 4.77. The number of aromatic amines is 1. The van der Waals surface area contributed by atoms with Gasteiger partial charge in [-0.25, -0.2) is 4.68 Å². The number of fused-ring (bicyclic) bond motifs is 1. The maximum atomic E-state index is 12.7. The Balaban J connectivity index is 1.56.